The molecule has 2 amide bonds. The molecule has 15 heavy (non-hydrogen) atoms. The van der Waals surface area contributed by atoms with Crippen LogP contribution in [0.2, 0.25) is 0 Å². The maximum absolute atomic E-state index is 11.4. The van der Waals surface area contributed by atoms with Crippen molar-refractivity contribution in [3.8, 4) is 0 Å². The van der Waals surface area contributed by atoms with Gasteiger partial charge >= 0.3 is 0 Å². The van der Waals surface area contributed by atoms with Crippen molar-refractivity contribution in [1.29, 1.82) is 0 Å². The third kappa shape index (κ3) is 4.75. The van der Waals surface area contributed by atoms with Crippen LogP contribution < -0.4 is 16.8 Å². The Morgan fingerprint density at radius 3 is 2.33 bits per heavy atom. The van der Waals surface area contributed by atoms with Crippen LogP contribution in [-0.2, 0) is 14.3 Å². The highest BCUT2D eigenvalue weighted by molar-refractivity contribution is 5.89. The predicted octanol–water partition coefficient (Wildman–Crippen LogP) is -1.27. The van der Waals surface area contributed by atoms with Gasteiger partial charge in [0.05, 0.1) is 12.5 Å². The van der Waals surface area contributed by atoms with Crippen molar-refractivity contribution in [2.75, 3.05) is 13.7 Å². The van der Waals surface area contributed by atoms with E-state index in [1.54, 1.807) is 0 Å². The number of hydrogen-bond donors (Lipinski definition) is 3. The maximum Gasteiger partial charge on any atom is 0.242 e. The first-order chi connectivity index (χ1) is 6.83. The summed E-state index contributed by atoms with van der Waals surface area (Å²) in [6, 6.07) is 0. The Balaban J connectivity index is 4.20. The van der Waals surface area contributed by atoms with Crippen LogP contribution in [0.15, 0.2) is 0 Å². The zero-order chi connectivity index (χ0) is 12.1. The topological polar surface area (TPSA) is 107 Å². The number of carbonyl (C=O) groups is 2. The van der Waals surface area contributed by atoms with Gasteiger partial charge in [-0.2, -0.15) is 0 Å². The molecule has 0 fully saturated rings. The summed E-state index contributed by atoms with van der Waals surface area (Å²) in [6.45, 7) is 3.33. The van der Waals surface area contributed by atoms with E-state index in [0.717, 1.165) is 0 Å². The molecule has 0 heterocycles. The van der Waals surface area contributed by atoms with E-state index in [2.05, 4.69) is 5.32 Å². The van der Waals surface area contributed by atoms with Gasteiger partial charge in [-0.05, 0) is 13.8 Å². The summed E-state index contributed by atoms with van der Waals surface area (Å²) in [4.78, 5) is 22.4. The Labute approximate surface area is 89.3 Å². The summed E-state index contributed by atoms with van der Waals surface area (Å²) in [7, 11) is 1.48. The van der Waals surface area contributed by atoms with Crippen LogP contribution in [0.5, 0.6) is 0 Å². The Kier molecular flexibility index (Phi) is 5.24. The highest BCUT2D eigenvalue weighted by Gasteiger charge is 2.27. The summed E-state index contributed by atoms with van der Waals surface area (Å²) >= 11 is 0. The summed E-state index contributed by atoms with van der Waals surface area (Å²) in [5, 5.41) is 2.51. The molecule has 0 spiro atoms. The highest BCUT2D eigenvalue weighted by atomic mass is 16.5. The fraction of sp³-hybridized carbons (Fsp3) is 0.778. The van der Waals surface area contributed by atoms with E-state index >= 15 is 0 Å². The fourth-order valence-electron chi connectivity index (χ4n) is 0.931. The molecule has 5 N–H and O–H groups in total. The van der Waals surface area contributed by atoms with Crippen molar-refractivity contribution < 1.29 is 14.3 Å². The number of ether oxygens (including phenoxy) is 1. The monoisotopic (exact) mass is 217 g/mol. The second-order valence-electron chi connectivity index (χ2n) is 3.83. The maximum atomic E-state index is 11.4. The van der Waals surface area contributed by atoms with Gasteiger partial charge in [0.2, 0.25) is 11.8 Å². The quantitative estimate of drug-likeness (QED) is 0.515. The van der Waals surface area contributed by atoms with Crippen LogP contribution in [-0.4, -0.2) is 37.1 Å². The molecule has 6 heteroatoms. The smallest absolute Gasteiger partial charge is 0.242 e. The van der Waals surface area contributed by atoms with Crippen LogP contribution in [0.4, 0.5) is 0 Å². The molecule has 0 saturated carbocycles. The Hall–Kier alpha value is -1.14. The number of carbonyl (C=O) groups excluding carboxylic acids is 2. The Bertz CT molecular complexity index is 237. The molecule has 6 nitrogen and oxygen atoms in total. The zero-order valence-electron chi connectivity index (χ0n) is 9.37. The molecule has 0 rings (SSSR count). The molecule has 0 aliphatic carbocycles. The molecule has 0 aliphatic rings. The molecule has 0 aliphatic heterocycles. The van der Waals surface area contributed by atoms with Gasteiger partial charge in [0.25, 0.3) is 0 Å². The minimum absolute atomic E-state index is 0.115. The van der Waals surface area contributed by atoms with Crippen molar-refractivity contribution >= 4 is 11.8 Å². The largest absolute Gasteiger partial charge is 0.380 e. The molecule has 1 unspecified atom stereocenters. The van der Waals surface area contributed by atoms with Gasteiger partial charge in [0, 0.05) is 13.7 Å². The summed E-state index contributed by atoms with van der Waals surface area (Å²) < 4.78 is 4.94. The minimum atomic E-state index is -1.05. The van der Waals surface area contributed by atoms with E-state index in [4.69, 9.17) is 16.2 Å². The number of nitrogens with two attached hydrogens (primary N) is 2. The van der Waals surface area contributed by atoms with E-state index in [1.165, 1.54) is 21.0 Å². The van der Waals surface area contributed by atoms with E-state index < -0.39 is 11.4 Å². The third-order valence-electron chi connectivity index (χ3n) is 2.08. The minimum Gasteiger partial charge on any atom is -0.380 e. The lowest BCUT2D eigenvalue weighted by Crippen LogP contribution is -2.53. The van der Waals surface area contributed by atoms with Crippen molar-refractivity contribution in [3.63, 3.8) is 0 Å². The second-order valence-corrected chi connectivity index (χ2v) is 3.83. The molecule has 0 saturated heterocycles. The number of nitrogens with one attached hydrogen (secondary N) is 1. The van der Waals surface area contributed by atoms with Crippen molar-refractivity contribution in [2.45, 2.75) is 31.9 Å². The molecule has 0 aromatic rings. The molecule has 88 valence electrons. The fourth-order valence-corrected chi connectivity index (χ4v) is 0.931. The number of hydrogen-bond acceptors (Lipinski definition) is 4. The summed E-state index contributed by atoms with van der Waals surface area (Å²) in [5.74, 6) is -0.895. The first-order valence-corrected chi connectivity index (χ1v) is 4.67. The van der Waals surface area contributed by atoms with Gasteiger partial charge in [0.15, 0.2) is 0 Å². The van der Waals surface area contributed by atoms with E-state index in [9.17, 15) is 9.59 Å². The van der Waals surface area contributed by atoms with Gasteiger partial charge in [-0.15, -0.1) is 0 Å². The lowest BCUT2D eigenvalue weighted by atomic mass is 10.0. The number of amides is 2. The van der Waals surface area contributed by atoms with E-state index in [-0.39, 0.29) is 25.0 Å². The van der Waals surface area contributed by atoms with Crippen LogP contribution in [0, 0.1) is 0 Å². The molecule has 0 radical (unpaired) electrons. The lowest BCUT2D eigenvalue weighted by Gasteiger charge is -2.23. The van der Waals surface area contributed by atoms with E-state index in [1.807, 2.05) is 0 Å². The summed E-state index contributed by atoms with van der Waals surface area (Å²) in [6.07, 6.45) is -0.224. The molecular weight excluding hydrogens is 198 g/mol. The van der Waals surface area contributed by atoms with Gasteiger partial charge in [-0.1, -0.05) is 0 Å². The first-order valence-electron chi connectivity index (χ1n) is 4.67. The molecule has 0 bridgehead atoms. The predicted molar refractivity (Wildman–Crippen MR) is 55.9 cm³/mol. The number of primary amides is 1. The van der Waals surface area contributed by atoms with E-state index in [0.29, 0.717) is 0 Å². The van der Waals surface area contributed by atoms with Gasteiger partial charge in [-0.3, -0.25) is 9.59 Å². The third-order valence-corrected chi connectivity index (χ3v) is 2.08. The van der Waals surface area contributed by atoms with Gasteiger partial charge < -0.3 is 21.5 Å². The van der Waals surface area contributed by atoms with Crippen LogP contribution in [0.1, 0.15) is 20.3 Å². The van der Waals surface area contributed by atoms with Gasteiger partial charge in [0.1, 0.15) is 5.54 Å². The Morgan fingerprint density at radius 1 is 1.47 bits per heavy atom. The molecular formula is C9H19N3O3. The average Bonchev–Trinajstić information content (AvgIpc) is 2.13. The van der Waals surface area contributed by atoms with Gasteiger partial charge in [-0.25, -0.2) is 0 Å². The SMILES string of the molecule is COC(CN)CC(=O)NC(C)(C)C(N)=O. The van der Waals surface area contributed by atoms with Crippen molar-refractivity contribution in [1.82, 2.24) is 5.32 Å². The normalized spacial score (nSPS) is 13.3. The number of rotatable bonds is 6. The standard InChI is InChI=1S/C9H19N3O3/c1-9(2,8(11)14)12-7(13)4-6(5-10)15-3/h6H,4-5,10H2,1-3H3,(H2,11,14)(H,12,13). The van der Waals surface area contributed by atoms with Crippen LogP contribution >= 0.6 is 0 Å². The molecule has 0 aromatic carbocycles. The van der Waals surface area contributed by atoms with Crippen LogP contribution in [0.25, 0.3) is 0 Å². The molecule has 0 aromatic heterocycles. The van der Waals surface area contributed by atoms with Crippen LogP contribution in [0.3, 0.4) is 0 Å². The van der Waals surface area contributed by atoms with Crippen molar-refractivity contribution in [3.05, 3.63) is 0 Å². The highest BCUT2D eigenvalue weighted by Crippen LogP contribution is 2.02. The Morgan fingerprint density at radius 2 is 2.00 bits per heavy atom. The first kappa shape index (κ1) is 13.9. The average molecular weight is 217 g/mol. The summed E-state index contributed by atoms with van der Waals surface area (Å²) in [5.41, 5.74) is 9.41. The van der Waals surface area contributed by atoms with Crippen molar-refractivity contribution in [2.24, 2.45) is 11.5 Å². The second kappa shape index (κ2) is 5.67. The molecule has 1 atom stereocenters. The number of methoxy groups -OCH3 is 1. The lowest BCUT2D eigenvalue weighted by molar-refractivity contribution is -0.131. The zero-order valence-corrected chi connectivity index (χ0v) is 9.37.